The number of aromatic nitrogens is 4. The summed E-state index contributed by atoms with van der Waals surface area (Å²) >= 11 is 0. The van der Waals surface area contributed by atoms with Crippen molar-refractivity contribution < 1.29 is 4.42 Å². The average Bonchev–Trinajstić information content (AvgIpc) is 3.81. The molecule has 0 aliphatic carbocycles. The summed E-state index contributed by atoms with van der Waals surface area (Å²) in [6.07, 6.45) is 0. The molecule has 0 fully saturated rings. The standard InChI is InChI=1S/C49H30N4O/c1-3-13-31(14-4-1)32-25-27-35(28-26-32)48-50-47(34-16-5-2-6-17-34)51-49(52-48)53-41-30-29-33-15-7-8-18-36(33)44(41)40-22-11-21-38(46(40)53)37-20-12-24-43-45(37)39-19-9-10-23-42(39)54-43/h1-30H. The Kier molecular flexibility index (Phi) is 6.79. The number of furan rings is 1. The second-order valence-corrected chi connectivity index (χ2v) is 13.6. The van der Waals surface area contributed by atoms with Gasteiger partial charge in [-0.15, -0.1) is 0 Å². The van der Waals surface area contributed by atoms with Crippen molar-refractivity contribution in [3.05, 3.63) is 182 Å². The molecule has 252 valence electrons. The molecule has 0 radical (unpaired) electrons. The van der Waals surface area contributed by atoms with Crippen LogP contribution >= 0.6 is 0 Å². The summed E-state index contributed by atoms with van der Waals surface area (Å²) in [4.78, 5) is 15.7. The summed E-state index contributed by atoms with van der Waals surface area (Å²) in [5, 5.41) is 6.81. The number of fused-ring (bicyclic) bond motifs is 8. The lowest BCUT2D eigenvalue weighted by Gasteiger charge is -2.13. The topological polar surface area (TPSA) is 56.7 Å². The van der Waals surface area contributed by atoms with E-state index in [1.165, 1.54) is 10.8 Å². The smallest absolute Gasteiger partial charge is 0.238 e. The van der Waals surface area contributed by atoms with Gasteiger partial charge in [0.25, 0.3) is 0 Å². The van der Waals surface area contributed by atoms with Crippen LogP contribution in [0, 0.1) is 0 Å². The number of hydrogen-bond donors (Lipinski definition) is 0. The molecule has 54 heavy (non-hydrogen) atoms. The Labute approximate surface area is 310 Å². The van der Waals surface area contributed by atoms with Gasteiger partial charge in [-0.25, -0.2) is 4.98 Å². The SMILES string of the molecule is c1ccc(-c2ccc(-c3nc(-c4ccccc4)nc(-n4c5ccc6ccccc6c5c5cccc(-c6cccc7oc8ccccc8c67)c54)n3)cc2)cc1. The van der Waals surface area contributed by atoms with E-state index in [0.29, 0.717) is 17.6 Å². The van der Waals surface area contributed by atoms with Crippen molar-refractivity contribution in [2.75, 3.05) is 0 Å². The van der Waals surface area contributed by atoms with E-state index >= 15 is 0 Å². The first kappa shape index (κ1) is 30.3. The third kappa shape index (κ3) is 4.76. The number of benzene rings is 8. The zero-order valence-electron chi connectivity index (χ0n) is 29.0. The van der Waals surface area contributed by atoms with Crippen LogP contribution in [0.5, 0.6) is 0 Å². The fourth-order valence-corrected chi connectivity index (χ4v) is 8.01. The monoisotopic (exact) mass is 690 g/mol. The fourth-order valence-electron chi connectivity index (χ4n) is 8.01. The number of hydrogen-bond acceptors (Lipinski definition) is 4. The minimum absolute atomic E-state index is 0.554. The third-order valence-electron chi connectivity index (χ3n) is 10.5. The van der Waals surface area contributed by atoms with Crippen molar-refractivity contribution in [3.8, 4) is 51.0 Å². The van der Waals surface area contributed by atoms with E-state index in [4.69, 9.17) is 19.4 Å². The molecule has 3 heterocycles. The van der Waals surface area contributed by atoms with Crippen LogP contribution in [-0.4, -0.2) is 19.5 Å². The van der Waals surface area contributed by atoms with E-state index in [1.807, 2.05) is 36.4 Å². The van der Waals surface area contributed by atoms with Gasteiger partial charge in [-0.2, -0.15) is 9.97 Å². The minimum Gasteiger partial charge on any atom is -0.456 e. The van der Waals surface area contributed by atoms with Gasteiger partial charge in [-0.05, 0) is 45.7 Å². The lowest BCUT2D eigenvalue weighted by molar-refractivity contribution is 0.669. The summed E-state index contributed by atoms with van der Waals surface area (Å²) in [6, 6.07) is 63.2. The highest BCUT2D eigenvalue weighted by Gasteiger charge is 2.23. The van der Waals surface area contributed by atoms with Crippen LogP contribution in [0.25, 0.3) is 105 Å². The maximum Gasteiger partial charge on any atom is 0.238 e. The number of para-hydroxylation sites is 2. The van der Waals surface area contributed by atoms with Crippen LogP contribution in [0.3, 0.4) is 0 Å². The first-order valence-electron chi connectivity index (χ1n) is 18.1. The molecule has 0 N–H and O–H groups in total. The molecule has 0 amide bonds. The Hall–Kier alpha value is -7.37. The van der Waals surface area contributed by atoms with E-state index in [9.17, 15) is 0 Å². The zero-order valence-corrected chi connectivity index (χ0v) is 29.0. The van der Waals surface area contributed by atoms with Crippen molar-refractivity contribution >= 4 is 54.5 Å². The molecule has 5 heteroatoms. The summed E-state index contributed by atoms with van der Waals surface area (Å²) < 4.78 is 8.62. The van der Waals surface area contributed by atoms with Crippen LogP contribution in [0.4, 0.5) is 0 Å². The van der Waals surface area contributed by atoms with E-state index in [1.54, 1.807) is 0 Å². The molecule has 11 aromatic rings. The molecule has 0 saturated heterocycles. The van der Waals surface area contributed by atoms with Crippen molar-refractivity contribution in [2.45, 2.75) is 0 Å². The highest BCUT2D eigenvalue weighted by atomic mass is 16.3. The zero-order chi connectivity index (χ0) is 35.6. The predicted molar refractivity (Wildman–Crippen MR) is 221 cm³/mol. The van der Waals surface area contributed by atoms with E-state index in [0.717, 1.165) is 77.1 Å². The maximum atomic E-state index is 6.38. The average molecular weight is 691 g/mol. The molecular weight excluding hydrogens is 661 g/mol. The summed E-state index contributed by atoms with van der Waals surface area (Å²) in [6.45, 7) is 0. The van der Waals surface area contributed by atoms with Gasteiger partial charge in [0, 0.05) is 38.2 Å². The Bertz CT molecular complexity index is 3200. The Morgan fingerprint density at radius 1 is 0.370 bits per heavy atom. The lowest BCUT2D eigenvalue weighted by Crippen LogP contribution is -2.07. The van der Waals surface area contributed by atoms with Gasteiger partial charge in [0.05, 0.1) is 11.0 Å². The Morgan fingerprint density at radius 3 is 1.74 bits per heavy atom. The normalized spacial score (nSPS) is 11.7. The van der Waals surface area contributed by atoms with Gasteiger partial charge < -0.3 is 4.42 Å². The van der Waals surface area contributed by atoms with Crippen LogP contribution in [-0.2, 0) is 0 Å². The molecule has 0 aliphatic rings. The molecule has 0 atom stereocenters. The van der Waals surface area contributed by atoms with Crippen LogP contribution in [0.15, 0.2) is 186 Å². The van der Waals surface area contributed by atoms with Crippen molar-refractivity contribution in [1.29, 1.82) is 0 Å². The molecule has 0 spiro atoms. The van der Waals surface area contributed by atoms with Crippen LogP contribution < -0.4 is 0 Å². The first-order chi connectivity index (χ1) is 26.8. The van der Waals surface area contributed by atoms with E-state index in [2.05, 4.69) is 150 Å². The van der Waals surface area contributed by atoms with Gasteiger partial charge in [-0.1, -0.05) is 164 Å². The van der Waals surface area contributed by atoms with Crippen LogP contribution in [0.1, 0.15) is 0 Å². The third-order valence-corrected chi connectivity index (χ3v) is 10.5. The Morgan fingerprint density at radius 2 is 0.944 bits per heavy atom. The van der Waals surface area contributed by atoms with Crippen molar-refractivity contribution in [3.63, 3.8) is 0 Å². The summed E-state index contributed by atoms with van der Waals surface area (Å²) in [7, 11) is 0. The van der Waals surface area contributed by atoms with Crippen LogP contribution in [0.2, 0.25) is 0 Å². The fraction of sp³-hybridized carbons (Fsp3) is 0. The second kappa shape index (κ2) is 12.1. The van der Waals surface area contributed by atoms with E-state index < -0.39 is 0 Å². The molecule has 11 rings (SSSR count). The Balaban J connectivity index is 1.24. The molecule has 0 bridgehead atoms. The van der Waals surface area contributed by atoms with Gasteiger partial charge in [0.15, 0.2) is 11.6 Å². The highest BCUT2D eigenvalue weighted by Crippen LogP contribution is 2.44. The predicted octanol–water partition coefficient (Wildman–Crippen LogP) is 12.7. The highest BCUT2D eigenvalue weighted by molar-refractivity contribution is 6.25. The second-order valence-electron chi connectivity index (χ2n) is 13.6. The first-order valence-corrected chi connectivity index (χ1v) is 18.1. The van der Waals surface area contributed by atoms with Crippen molar-refractivity contribution in [2.24, 2.45) is 0 Å². The largest absolute Gasteiger partial charge is 0.456 e. The molecule has 5 nitrogen and oxygen atoms in total. The minimum atomic E-state index is 0.554. The van der Waals surface area contributed by atoms with Gasteiger partial charge in [0.2, 0.25) is 5.95 Å². The molecule has 0 saturated carbocycles. The van der Waals surface area contributed by atoms with Gasteiger partial charge >= 0.3 is 0 Å². The summed E-state index contributed by atoms with van der Waals surface area (Å²) in [5.41, 5.74) is 10.1. The van der Waals surface area contributed by atoms with E-state index in [-0.39, 0.29) is 0 Å². The van der Waals surface area contributed by atoms with Crippen molar-refractivity contribution in [1.82, 2.24) is 19.5 Å². The number of rotatable bonds is 5. The maximum absolute atomic E-state index is 6.38. The lowest BCUT2D eigenvalue weighted by atomic mass is 9.96. The molecule has 0 unspecified atom stereocenters. The number of nitrogens with zero attached hydrogens (tertiary/aromatic N) is 4. The molecule has 3 aromatic heterocycles. The quantitative estimate of drug-likeness (QED) is 0.180. The van der Waals surface area contributed by atoms with Gasteiger partial charge in [0.1, 0.15) is 11.2 Å². The summed E-state index contributed by atoms with van der Waals surface area (Å²) in [5.74, 6) is 1.77. The van der Waals surface area contributed by atoms with Gasteiger partial charge in [-0.3, -0.25) is 4.57 Å². The molecule has 0 aliphatic heterocycles. The molecule has 8 aromatic carbocycles. The molecular formula is C49H30N4O.